The number of hydrogen-bond donors (Lipinski definition) is 2. The van der Waals surface area contributed by atoms with Gasteiger partial charge in [-0.25, -0.2) is 4.79 Å². The fourth-order valence-electron chi connectivity index (χ4n) is 2.39. The van der Waals surface area contributed by atoms with Crippen molar-refractivity contribution in [2.75, 3.05) is 0 Å². The molecule has 1 aliphatic heterocycles. The summed E-state index contributed by atoms with van der Waals surface area (Å²) in [6, 6.07) is 7.37. The number of ether oxygens (including phenoxy) is 1. The van der Waals surface area contributed by atoms with Crippen LogP contribution in [0.25, 0.3) is 0 Å². The normalized spacial score (nSPS) is 22.8. The molecule has 1 amide bonds. The second-order valence-corrected chi connectivity index (χ2v) is 5.64. The van der Waals surface area contributed by atoms with E-state index in [1.807, 2.05) is 31.2 Å². The second-order valence-electron chi connectivity index (χ2n) is 5.23. The van der Waals surface area contributed by atoms with Gasteiger partial charge >= 0.3 is 5.97 Å². The highest BCUT2D eigenvalue weighted by Gasteiger charge is 2.35. The zero-order chi connectivity index (χ0) is 15.4. The van der Waals surface area contributed by atoms with Crippen molar-refractivity contribution in [1.82, 2.24) is 5.32 Å². The minimum absolute atomic E-state index is 0.107. The van der Waals surface area contributed by atoms with Crippen LogP contribution in [0.15, 0.2) is 24.3 Å². The summed E-state index contributed by atoms with van der Waals surface area (Å²) in [6.45, 7) is 1.88. The molecule has 0 saturated carbocycles. The number of carboxylic acids is 1. The Bertz CT molecular complexity index is 534. The van der Waals surface area contributed by atoms with Crippen molar-refractivity contribution < 1.29 is 19.4 Å². The highest BCUT2D eigenvalue weighted by molar-refractivity contribution is 6.31. The monoisotopic (exact) mass is 311 g/mol. The van der Waals surface area contributed by atoms with Crippen molar-refractivity contribution in [3.63, 3.8) is 0 Å². The lowest BCUT2D eigenvalue weighted by Gasteiger charge is -2.17. The summed E-state index contributed by atoms with van der Waals surface area (Å²) in [6.07, 6.45) is -0.145. The quantitative estimate of drug-likeness (QED) is 0.872. The molecular formula is C15H18ClNO4. The number of benzene rings is 1. The average molecular weight is 312 g/mol. The first kappa shape index (κ1) is 15.8. The summed E-state index contributed by atoms with van der Waals surface area (Å²) in [7, 11) is 0. The molecule has 6 heteroatoms. The number of rotatable bonds is 5. The van der Waals surface area contributed by atoms with E-state index in [1.54, 1.807) is 0 Å². The molecular weight excluding hydrogens is 294 g/mol. The van der Waals surface area contributed by atoms with Crippen LogP contribution in [0.1, 0.15) is 25.3 Å². The number of carbonyl (C=O) groups is 2. The van der Waals surface area contributed by atoms with Gasteiger partial charge in [-0.1, -0.05) is 29.8 Å². The molecule has 21 heavy (non-hydrogen) atoms. The summed E-state index contributed by atoms with van der Waals surface area (Å²) >= 11 is 6.08. The Morgan fingerprint density at radius 1 is 1.38 bits per heavy atom. The maximum atomic E-state index is 12.0. The van der Waals surface area contributed by atoms with Gasteiger partial charge in [0.15, 0.2) is 6.10 Å². The van der Waals surface area contributed by atoms with Crippen LogP contribution in [0.4, 0.5) is 0 Å². The van der Waals surface area contributed by atoms with Gasteiger partial charge in [-0.3, -0.25) is 4.79 Å². The third-order valence-electron chi connectivity index (χ3n) is 3.46. The van der Waals surface area contributed by atoms with Gasteiger partial charge in [-0.05, 0) is 37.8 Å². The van der Waals surface area contributed by atoms with Crippen LogP contribution in [0, 0.1) is 0 Å². The zero-order valence-electron chi connectivity index (χ0n) is 11.7. The van der Waals surface area contributed by atoms with Crippen molar-refractivity contribution in [3.05, 3.63) is 34.9 Å². The van der Waals surface area contributed by atoms with Crippen LogP contribution >= 0.6 is 11.6 Å². The molecule has 1 aromatic rings. The first-order chi connectivity index (χ1) is 9.97. The van der Waals surface area contributed by atoms with E-state index in [4.69, 9.17) is 21.4 Å². The molecule has 5 nitrogen and oxygen atoms in total. The smallest absolute Gasteiger partial charge is 0.332 e. The summed E-state index contributed by atoms with van der Waals surface area (Å²) in [5, 5.41) is 12.4. The fourth-order valence-corrected chi connectivity index (χ4v) is 2.61. The van der Waals surface area contributed by atoms with E-state index < -0.39 is 18.2 Å². The average Bonchev–Trinajstić information content (AvgIpc) is 2.91. The molecule has 0 bridgehead atoms. The van der Waals surface area contributed by atoms with Crippen molar-refractivity contribution in [2.24, 2.45) is 0 Å². The lowest BCUT2D eigenvalue weighted by atomic mass is 10.1. The van der Waals surface area contributed by atoms with Crippen molar-refractivity contribution in [3.8, 4) is 0 Å². The molecule has 3 unspecified atom stereocenters. The van der Waals surface area contributed by atoms with E-state index in [0.29, 0.717) is 24.3 Å². The van der Waals surface area contributed by atoms with Gasteiger partial charge in [-0.2, -0.15) is 0 Å². The number of nitrogens with one attached hydrogen (secondary N) is 1. The van der Waals surface area contributed by atoms with E-state index in [2.05, 4.69) is 5.32 Å². The van der Waals surface area contributed by atoms with Crippen LogP contribution in [0.3, 0.4) is 0 Å². The highest BCUT2D eigenvalue weighted by Crippen LogP contribution is 2.21. The molecule has 1 saturated heterocycles. The largest absolute Gasteiger partial charge is 0.479 e. The van der Waals surface area contributed by atoms with Crippen LogP contribution in [-0.2, 0) is 20.7 Å². The zero-order valence-corrected chi connectivity index (χ0v) is 12.5. The Morgan fingerprint density at radius 2 is 2.05 bits per heavy atom. The molecule has 114 valence electrons. The third-order valence-corrected chi connectivity index (χ3v) is 3.83. The Hall–Kier alpha value is -1.59. The molecule has 0 aromatic heterocycles. The molecule has 1 fully saturated rings. The number of amides is 1. The molecule has 0 radical (unpaired) electrons. The standard InChI is InChI=1S/C15H18ClNO4/c1-9(8-10-4-2-3-5-11(10)16)17-14(18)12-6-7-13(21-12)15(19)20/h2-5,9,12-13H,6-8H2,1H3,(H,17,18)(H,19,20). The maximum Gasteiger partial charge on any atom is 0.332 e. The van der Waals surface area contributed by atoms with Crippen LogP contribution in [0.2, 0.25) is 5.02 Å². The number of hydrogen-bond acceptors (Lipinski definition) is 3. The number of aliphatic carboxylic acids is 1. The van der Waals surface area contributed by atoms with Crippen molar-refractivity contribution >= 4 is 23.5 Å². The van der Waals surface area contributed by atoms with Crippen LogP contribution in [-0.4, -0.2) is 35.2 Å². The van der Waals surface area contributed by atoms with Crippen LogP contribution in [0.5, 0.6) is 0 Å². The summed E-state index contributed by atoms with van der Waals surface area (Å²) in [4.78, 5) is 22.8. The van der Waals surface area contributed by atoms with Crippen molar-refractivity contribution in [1.29, 1.82) is 0 Å². The Balaban J connectivity index is 1.86. The fraction of sp³-hybridized carbons (Fsp3) is 0.467. The Morgan fingerprint density at radius 3 is 2.67 bits per heavy atom. The molecule has 1 heterocycles. The predicted octanol–water partition coefficient (Wildman–Crippen LogP) is 2.02. The lowest BCUT2D eigenvalue weighted by Crippen LogP contribution is -2.41. The number of carbonyl (C=O) groups excluding carboxylic acids is 1. The van der Waals surface area contributed by atoms with Crippen LogP contribution < -0.4 is 5.32 Å². The summed E-state index contributed by atoms with van der Waals surface area (Å²) in [5.41, 5.74) is 0.961. The SMILES string of the molecule is CC(Cc1ccccc1Cl)NC(=O)C1CCC(C(=O)O)O1. The van der Waals surface area contributed by atoms with E-state index in [0.717, 1.165) is 5.56 Å². The molecule has 1 aliphatic rings. The highest BCUT2D eigenvalue weighted by atomic mass is 35.5. The molecule has 2 N–H and O–H groups in total. The summed E-state index contributed by atoms with van der Waals surface area (Å²) in [5.74, 6) is -1.28. The number of carboxylic acid groups (broad SMARTS) is 1. The van der Waals surface area contributed by atoms with E-state index >= 15 is 0 Å². The minimum Gasteiger partial charge on any atom is -0.479 e. The lowest BCUT2D eigenvalue weighted by molar-refractivity contribution is -0.151. The first-order valence-electron chi connectivity index (χ1n) is 6.89. The Labute approximate surface area is 128 Å². The van der Waals surface area contributed by atoms with Gasteiger partial charge in [0.1, 0.15) is 6.10 Å². The van der Waals surface area contributed by atoms with Gasteiger partial charge < -0.3 is 15.2 Å². The first-order valence-corrected chi connectivity index (χ1v) is 7.27. The second kappa shape index (κ2) is 6.91. The minimum atomic E-state index is -1.02. The Kier molecular flexibility index (Phi) is 5.20. The van der Waals surface area contributed by atoms with Gasteiger partial charge in [0, 0.05) is 11.1 Å². The molecule has 1 aromatic carbocycles. The predicted molar refractivity (Wildman–Crippen MR) is 78.3 cm³/mol. The molecule has 2 rings (SSSR count). The number of halogens is 1. The molecule has 0 spiro atoms. The van der Waals surface area contributed by atoms with Crippen molar-refractivity contribution in [2.45, 2.75) is 44.4 Å². The van der Waals surface area contributed by atoms with E-state index in [9.17, 15) is 9.59 Å². The molecule has 0 aliphatic carbocycles. The third kappa shape index (κ3) is 4.19. The maximum absolute atomic E-state index is 12.0. The van der Waals surface area contributed by atoms with Gasteiger partial charge in [-0.15, -0.1) is 0 Å². The van der Waals surface area contributed by atoms with Gasteiger partial charge in [0.25, 0.3) is 0 Å². The van der Waals surface area contributed by atoms with E-state index in [-0.39, 0.29) is 11.9 Å². The van der Waals surface area contributed by atoms with Gasteiger partial charge in [0.2, 0.25) is 5.91 Å². The van der Waals surface area contributed by atoms with E-state index in [1.165, 1.54) is 0 Å². The topological polar surface area (TPSA) is 75.6 Å². The van der Waals surface area contributed by atoms with Gasteiger partial charge in [0.05, 0.1) is 0 Å². The summed E-state index contributed by atoms with van der Waals surface area (Å²) < 4.78 is 5.22. The molecule has 3 atom stereocenters.